The number of fused-ring (bicyclic) bond motifs is 1. The number of urea groups is 1. The largest absolute Gasteiger partial charge is 0.332 e. The second-order valence-electron chi connectivity index (χ2n) is 5.06. The molecule has 0 aliphatic carbocycles. The van der Waals surface area contributed by atoms with Crippen LogP contribution in [0.5, 0.6) is 0 Å². The SMILES string of the molecule is CC.CN1CCC#CCCC1.NC1SCC2NC(=O)NC21. The summed E-state index contributed by atoms with van der Waals surface area (Å²) in [5, 5.41) is 5.64. The van der Waals surface area contributed by atoms with Crippen LogP contribution in [0.3, 0.4) is 0 Å². The van der Waals surface area contributed by atoms with E-state index >= 15 is 0 Å². The molecule has 0 aromatic rings. The number of nitrogens with one attached hydrogen (secondary N) is 2. The van der Waals surface area contributed by atoms with Gasteiger partial charge in [-0.3, -0.25) is 0 Å². The molecule has 0 radical (unpaired) electrons. The first kappa shape index (κ1) is 18.1. The highest BCUT2D eigenvalue weighted by Crippen LogP contribution is 2.25. The van der Waals surface area contributed by atoms with Gasteiger partial charge in [0.25, 0.3) is 0 Å². The molecule has 2 saturated heterocycles. The monoisotopic (exact) mass is 312 g/mol. The molecule has 2 fully saturated rings. The molecular weight excluding hydrogens is 284 g/mol. The number of thioether (sulfide) groups is 1. The number of carbonyl (C=O) groups excluding carboxylic acids is 1. The fourth-order valence-electron chi connectivity index (χ4n) is 2.30. The smallest absolute Gasteiger partial charge is 0.315 e. The lowest BCUT2D eigenvalue weighted by atomic mass is 10.2. The quantitative estimate of drug-likeness (QED) is 0.464. The summed E-state index contributed by atoms with van der Waals surface area (Å²) in [6.45, 7) is 6.36. The highest BCUT2D eigenvalue weighted by atomic mass is 32.2. The molecule has 2 amide bonds. The zero-order valence-electron chi connectivity index (χ0n) is 13.3. The number of carbonyl (C=O) groups is 1. The van der Waals surface area contributed by atoms with Gasteiger partial charge in [0.2, 0.25) is 0 Å². The van der Waals surface area contributed by atoms with E-state index in [-0.39, 0.29) is 23.5 Å². The lowest BCUT2D eigenvalue weighted by molar-refractivity contribution is 0.247. The lowest BCUT2D eigenvalue weighted by Crippen LogP contribution is -2.41. The van der Waals surface area contributed by atoms with Crippen LogP contribution in [0.1, 0.15) is 33.1 Å². The van der Waals surface area contributed by atoms with Gasteiger partial charge < -0.3 is 21.3 Å². The number of nitrogens with two attached hydrogens (primary N) is 1. The van der Waals surface area contributed by atoms with Crippen molar-refractivity contribution >= 4 is 17.8 Å². The number of nitrogens with zero attached hydrogens (tertiary/aromatic N) is 1. The van der Waals surface area contributed by atoms with Crippen molar-refractivity contribution in [3.8, 4) is 11.8 Å². The normalized spacial score (nSPS) is 30.7. The van der Waals surface area contributed by atoms with Gasteiger partial charge in [0.15, 0.2) is 0 Å². The Hall–Kier alpha value is -0.900. The van der Waals surface area contributed by atoms with E-state index in [2.05, 4.69) is 34.4 Å². The number of hydrogen-bond acceptors (Lipinski definition) is 4. The highest BCUT2D eigenvalue weighted by Gasteiger charge is 2.41. The first-order valence-electron chi connectivity index (χ1n) is 7.75. The van der Waals surface area contributed by atoms with E-state index in [4.69, 9.17) is 5.73 Å². The molecule has 0 spiro atoms. The molecule has 120 valence electrons. The van der Waals surface area contributed by atoms with Gasteiger partial charge in [-0.05, 0) is 20.0 Å². The zero-order chi connectivity index (χ0) is 15.7. The van der Waals surface area contributed by atoms with E-state index in [1.807, 2.05) is 13.8 Å². The molecule has 4 N–H and O–H groups in total. The van der Waals surface area contributed by atoms with Gasteiger partial charge >= 0.3 is 6.03 Å². The minimum Gasteiger partial charge on any atom is -0.332 e. The topological polar surface area (TPSA) is 70.4 Å². The fraction of sp³-hybridized carbons (Fsp3) is 0.800. The molecule has 0 saturated carbocycles. The molecule has 3 aliphatic heterocycles. The maximum atomic E-state index is 10.7. The van der Waals surface area contributed by atoms with Crippen LogP contribution in [0.4, 0.5) is 4.79 Å². The molecular formula is C15H28N4OS. The maximum Gasteiger partial charge on any atom is 0.315 e. The zero-order valence-corrected chi connectivity index (χ0v) is 14.1. The van der Waals surface area contributed by atoms with Crippen molar-refractivity contribution in [2.24, 2.45) is 5.73 Å². The Bertz CT molecular complexity index is 380. The minimum atomic E-state index is -0.0780. The third-order valence-corrected chi connectivity index (χ3v) is 4.68. The van der Waals surface area contributed by atoms with Crippen LogP contribution in [-0.2, 0) is 0 Å². The maximum absolute atomic E-state index is 10.7. The molecule has 6 heteroatoms. The predicted octanol–water partition coefficient (Wildman–Crippen LogP) is 1.20. The van der Waals surface area contributed by atoms with E-state index in [0.717, 1.165) is 25.1 Å². The molecule has 0 bridgehead atoms. The van der Waals surface area contributed by atoms with Crippen LogP contribution in [0.2, 0.25) is 0 Å². The molecule has 3 unspecified atom stereocenters. The highest BCUT2D eigenvalue weighted by molar-refractivity contribution is 8.00. The minimum absolute atomic E-state index is 0.0731. The summed E-state index contributed by atoms with van der Waals surface area (Å²) in [5.41, 5.74) is 5.69. The van der Waals surface area contributed by atoms with Crippen molar-refractivity contribution in [1.82, 2.24) is 15.5 Å². The van der Waals surface area contributed by atoms with Crippen molar-refractivity contribution in [1.29, 1.82) is 0 Å². The summed E-state index contributed by atoms with van der Waals surface area (Å²) in [4.78, 5) is 13.1. The molecule has 21 heavy (non-hydrogen) atoms. The Morgan fingerprint density at radius 1 is 1.24 bits per heavy atom. The van der Waals surface area contributed by atoms with Crippen LogP contribution >= 0.6 is 11.8 Å². The Balaban J connectivity index is 0.000000189. The van der Waals surface area contributed by atoms with E-state index in [1.165, 1.54) is 13.0 Å². The molecule has 3 heterocycles. The fourth-order valence-corrected chi connectivity index (χ4v) is 3.48. The van der Waals surface area contributed by atoms with Gasteiger partial charge in [0.05, 0.1) is 17.5 Å². The first-order valence-corrected chi connectivity index (χ1v) is 8.80. The van der Waals surface area contributed by atoms with E-state index in [9.17, 15) is 4.79 Å². The lowest BCUT2D eigenvalue weighted by Gasteiger charge is -2.14. The molecule has 3 rings (SSSR count). The Kier molecular flexibility index (Phi) is 8.58. The average molecular weight is 312 g/mol. The van der Waals surface area contributed by atoms with Crippen molar-refractivity contribution in [3.63, 3.8) is 0 Å². The Morgan fingerprint density at radius 2 is 1.95 bits per heavy atom. The summed E-state index contributed by atoms with van der Waals surface area (Å²) in [7, 11) is 2.16. The van der Waals surface area contributed by atoms with Crippen molar-refractivity contribution < 1.29 is 4.79 Å². The van der Waals surface area contributed by atoms with Crippen molar-refractivity contribution in [3.05, 3.63) is 0 Å². The average Bonchev–Trinajstić information content (AvgIpc) is 2.98. The van der Waals surface area contributed by atoms with Crippen LogP contribution in [0.25, 0.3) is 0 Å². The predicted molar refractivity (Wildman–Crippen MR) is 90.1 cm³/mol. The number of hydrogen-bond donors (Lipinski definition) is 3. The summed E-state index contributed by atoms with van der Waals surface area (Å²) in [5.74, 6) is 7.19. The van der Waals surface area contributed by atoms with Crippen molar-refractivity contribution in [2.45, 2.75) is 50.6 Å². The molecule has 0 aromatic carbocycles. The van der Waals surface area contributed by atoms with Gasteiger partial charge in [-0.15, -0.1) is 23.6 Å². The number of amides is 2. The standard InChI is InChI=1S/C8H13N.C5H9N3OS.C2H6/c1-9-7-5-3-2-4-6-8-9;6-4-3-2(1-10-4)7-5(9)8-3;1-2/h3,5-8H2,1H3;2-4H,1,6H2,(H2,7,8,9);1-2H3. The third kappa shape index (κ3) is 6.16. The first-order chi connectivity index (χ1) is 10.2. The Labute approximate surface area is 132 Å². The van der Waals surface area contributed by atoms with Gasteiger partial charge in [-0.1, -0.05) is 13.8 Å². The molecule has 5 nitrogen and oxygen atoms in total. The van der Waals surface area contributed by atoms with Gasteiger partial charge in [0.1, 0.15) is 0 Å². The van der Waals surface area contributed by atoms with Gasteiger partial charge in [-0.2, -0.15) is 0 Å². The van der Waals surface area contributed by atoms with Gasteiger partial charge in [0, 0.05) is 25.1 Å². The van der Waals surface area contributed by atoms with Gasteiger partial charge in [-0.25, -0.2) is 4.79 Å². The summed E-state index contributed by atoms with van der Waals surface area (Å²) < 4.78 is 0. The molecule has 3 atom stereocenters. The summed E-state index contributed by atoms with van der Waals surface area (Å²) in [6, 6.07) is 0.329. The van der Waals surface area contributed by atoms with Crippen LogP contribution in [0.15, 0.2) is 0 Å². The van der Waals surface area contributed by atoms with E-state index in [0.29, 0.717) is 0 Å². The molecule has 0 aromatic heterocycles. The number of rotatable bonds is 0. The van der Waals surface area contributed by atoms with Crippen molar-refractivity contribution in [2.75, 3.05) is 25.9 Å². The third-order valence-electron chi connectivity index (χ3n) is 3.46. The Morgan fingerprint density at radius 3 is 2.67 bits per heavy atom. The second kappa shape index (κ2) is 9.93. The van der Waals surface area contributed by atoms with E-state index < -0.39 is 0 Å². The van der Waals surface area contributed by atoms with Crippen LogP contribution in [-0.4, -0.2) is 54.3 Å². The van der Waals surface area contributed by atoms with E-state index in [1.54, 1.807) is 11.8 Å². The van der Waals surface area contributed by atoms with Crippen LogP contribution in [0, 0.1) is 11.8 Å². The second-order valence-corrected chi connectivity index (χ2v) is 6.27. The summed E-state index contributed by atoms with van der Waals surface area (Å²) >= 11 is 1.69. The molecule has 3 aliphatic rings. The summed E-state index contributed by atoms with van der Waals surface area (Å²) in [6.07, 6.45) is 3.38. The van der Waals surface area contributed by atoms with Crippen LogP contribution < -0.4 is 16.4 Å².